The Kier molecular flexibility index (Phi) is 4.63. The molecule has 0 atom stereocenters. The minimum absolute atomic E-state index is 0.392. The van der Waals surface area contributed by atoms with Crippen LogP contribution in [0.2, 0.25) is 0 Å². The summed E-state index contributed by atoms with van der Waals surface area (Å²) in [6.07, 6.45) is 0. The maximum Gasteiger partial charge on any atom is 0.337 e. The molecule has 0 fully saturated rings. The largest absolute Gasteiger partial charge is 0.487 e. The average molecular weight is 336 g/mol. The van der Waals surface area contributed by atoms with Crippen molar-refractivity contribution in [1.29, 1.82) is 0 Å². The minimum Gasteiger partial charge on any atom is -0.487 e. The van der Waals surface area contributed by atoms with Gasteiger partial charge in [-0.15, -0.1) is 0 Å². The number of nitrogens with two attached hydrogens (primary N) is 1. The fraction of sp³-hybridized carbons (Fsp3) is 0.133. The summed E-state index contributed by atoms with van der Waals surface area (Å²) < 4.78 is 11.3. The number of benzene rings is 2. The van der Waals surface area contributed by atoms with E-state index in [0.717, 1.165) is 10.0 Å². The van der Waals surface area contributed by atoms with Crippen molar-refractivity contribution in [2.75, 3.05) is 12.8 Å². The van der Waals surface area contributed by atoms with Gasteiger partial charge in [0.15, 0.2) is 0 Å². The molecule has 0 radical (unpaired) electrons. The van der Waals surface area contributed by atoms with Gasteiger partial charge in [-0.2, -0.15) is 0 Å². The average Bonchev–Trinajstić information content (AvgIpc) is 2.46. The Labute approximate surface area is 125 Å². The summed E-state index contributed by atoms with van der Waals surface area (Å²) in [7, 11) is 1.33. The topological polar surface area (TPSA) is 61.5 Å². The lowest BCUT2D eigenvalue weighted by atomic mass is 10.2. The van der Waals surface area contributed by atoms with E-state index in [1.807, 2.05) is 24.3 Å². The van der Waals surface area contributed by atoms with E-state index in [1.165, 1.54) is 7.11 Å². The molecular formula is C15H14BrNO3. The number of halogens is 1. The molecule has 0 aromatic heterocycles. The van der Waals surface area contributed by atoms with E-state index in [9.17, 15) is 4.79 Å². The first-order valence-corrected chi connectivity index (χ1v) is 6.75. The molecule has 4 nitrogen and oxygen atoms in total. The molecule has 0 heterocycles. The molecule has 0 amide bonds. The zero-order valence-electron chi connectivity index (χ0n) is 10.9. The lowest BCUT2D eigenvalue weighted by Crippen LogP contribution is -2.04. The van der Waals surface area contributed by atoms with Crippen LogP contribution in [0.15, 0.2) is 46.9 Å². The van der Waals surface area contributed by atoms with Crippen LogP contribution < -0.4 is 10.5 Å². The third-order valence-corrected chi connectivity index (χ3v) is 3.55. The highest BCUT2D eigenvalue weighted by atomic mass is 79.9. The maximum atomic E-state index is 11.4. The molecule has 104 valence electrons. The van der Waals surface area contributed by atoms with E-state index in [4.69, 9.17) is 10.5 Å². The van der Waals surface area contributed by atoms with Gasteiger partial charge in [-0.25, -0.2) is 4.79 Å². The van der Waals surface area contributed by atoms with Crippen LogP contribution in [-0.4, -0.2) is 13.1 Å². The molecule has 2 aromatic carbocycles. The summed E-state index contributed by atoms with van der Waals surface area (Å²) in [6.45, 7) is 0.392. The van der Waals surface area contributed by atoms with Crippen molar-refractivity contribution < 1.29 is 14.3 Å². The van der Waals surface area contributed by atoms with Gasteiger partial charge in [0, 0.05) is 10.0 Å². The third kappa shape index (κ3) is 3.30. The Morgan fingerprint density at radius 3 is 2.65 bits per heavy atom. The lowest BCUT2D eigenvalue weighted by molar-refractivity contribution is 0.0600. The molecule has 0 bridgehead atoms. The first-order valence-electron chi connectivity index (χ1n) is 5.96. The normalized spacial score (nSPS) is 10.1. The fourth-order valence-corrected chi connectivity index (χ4v) is 2.09. The van der Waals surface area contributed by atoms with Crippen LogP contribution in [0.3, 0.4) is 0 Å². The highest BCUT2D eigenvalue weighted by Gasteiger charge is 2.09. The van der Waals surface area contributed by atoms with Gasteiger partial charge in [-0.1, -0.05) is 34.1 Å². The molecule has 0 saturated carbocycles. The number of rotatable bonds is 4. The van der Waals surface area contributed by atoms with Crippen LogP contribution >= 0.6 is 15.9 Å². The Bertz CT molecular complexity index is 628. The summed E-state index contributed by atoms with van der Waals surface area (Å²) in [6, 6.07) is 12.6. The first-order chi connectivity index (χ1) is 9.61. The molecule has 0 unspecified atom stereocenters. The highest BCUT2D eigenvalue weighted by Crippen LogP contribution is 2.25. The van der Waals surface area contributed by atoms with Crippen molar-refractivity contribution in [3.8, 4) is 5.75 Å². The highest BCUT2D eigenvalue weighted by molar-refractivity contribution is 9.10. The molecule has 0 aliphatic carbocycles. The Balaban J connectivity index is 2.11. The van der Waals surface area contributed by atoms with E-state index in [2.05, 4.69) is 20.7 Å². The Morgan fingerprint density at radius 1 is 1.25 bits per heavy atom. The SMILES string of the molecule is COC(=O)c1ccc(OCc2ccccc2Br)c(N)c1. The van der Waals surface area contributed by atoms with E-state index in [-0.39, 0.29) is 0 Å². The van der Waals surface area contributed by atoms with Crippen LogP contribution in [-0.2, 0) is 11.3 Å². The number of carbonyl (C=O) groups is 1. The first kappa shape index (κ1) is 14.4. The number of hydrogen-bond donors (Lipinski definition) is 1. The summed E-state index contributed by atoms with van der Waals surface area (Å²) in [5.74, 6) is 0.113. The number of carbonyl (C=O) groups excluding carboxylic acids is 1. The van der Waals surface area contributed by atoms with Gasteiger partial charge in [0.05, 0.1) is 18.4 Å². The van der Waals surface area contributed by atoms with Gasteiger partial charge in [0.1, 0.15) is 12.4 Å². The van der Waals surface area contributed by atoms with Crippen molar-refractivity contribution in [3.63, 3.8) is 0 Å². The molecule has 20 heavy (non-hydrogen) atoms. The van der Waals surface area contributed by atoms with Crippen LogP contribution in [0.5, 0.6) is 5.75 Å². The molecule has 0 aliphatic heterocycles. The van der Waals surface area contributed by atoms with Gasteiger partial charge in [-0.05, 0) is 24.3 Å². The molecule has 2 N–H and O–H groups in total. The van der Waals surface area contributed by atoms with Gasteiger partial charge in [0.25, 0.3) is 0 Å². The van der Waals surface area contributed by atoms with Crippen molar-refractivity contribution >= 4 is 27.6 Å². The zero-order chi connectivity index (χ0) is 14.5. The monoisotopic (exact) mass is 335 g/mol. The van der Waals surface area contributed by atoms with E-state index in [1.54, 1.807) is 18.2 Å². The summed E-state index contributed by atoms with van der Waals surface area (Å²) >= 11 is 3.46. The van der Waals surface area contributed by atoms with Crippen LogP contribution in [0.1, 0.15) is 15.9 Å². The summed E-state index contributed by atoms with van der Waals surface area (Å²) in [4.78, 5) is 11.4. The van der Waals surface area contributed by atoms with Crippen molar-refractivity contribution in [3.05, 3.63) is 58.1 Å². The maximum absolute atomic E-state index is 11.4. The van der Waals surface area contributed by atoms with Crippen LogP contribution in [0.4, 0.5) is 5.69 Å². The molecule has 2 rings (SSSR count). The van der Waals surface area contributed by atoms with Gasteiger partial charge in [-0.3, -0.25) is 0 Å². The standard InChI is InChI=1S/C15H14BrNO3/c1-19-15(18)10-6-7-14(13(17)8-10)20-9-11-4-2-3-5-12(11)16/h2-8H,9,17H2,1H3. The smallest absolute Gasteiger partial charge is 0.337 e. The van der Waals surface area contributed by atoms with E-state index < -0.39 is 5.97 Å². The van der Waals surface area contributed by atoms with Crippen molar-refractivity contribution in [1.82, 2.24) is 0 Å². The molecule has 0 spiro atoms. The number of ether oxygens (including phenoxy) is 2. The van der Waals surface area contributed by atoms with Crippen molar-refractivity contribution in [2.24, 2.45) is 0 Å². The number of anilines is 1. The summed E-state index contributed by atoms with van der Waals surface area (Å²) in [5, 5.41) is 0. The number of esters is 1. The number of nitrogen functional groups attached to an aromatic ring is 1. The Hall–Kier alpha value is -2.01. The second-order valence-electron chi connectivity index (χ2n) is 4.12. The predicted octanol–water partition coefficient (Wildman–Crippen LogP) is 3.40. The van der Waals surface area contributed by atoms with Gasteiger partial charge < -0.3 is 15.2 Å². The molecule has 5 heteroatoms. The lowest BCUT2D eigenvalue weighted by Gasteiger charge is -2.11. The molecule has 0 aliphatic rings. The van der Waals surface area contributed by atoms with Crippen LogP contribution in [0, 0.1) is 0 Å². The number of hydrogen-bond acceptors (Lipinski definition) is 4. The van der Waals surface area contributed by atoms with Gasteiger partial charge >= 0.3 is 5.97 Å². The summed E-state index contributed by atoms with van der Waals surface area (Å²) in [5.41, 5.74) is 7.69. The van der Waals surface area contributed by atoms with E-state index in [0.29, 0.717) is 23.6 Å². The fourth-order valence-electron chi connectivity index (χ4n) is 1.70. The Morgan fingerprint density at radius 2 is 2.00 bits per heavy atom. The third-order valence-electron chi connectivity index (χ3n) is 2.77. The molecular weight excluding hydrogens is 322 g/mol. The van der Waals surface area contributed by atoms with E-state index >= 15 is 0 Å². The van der Waals surface area contributed by atoms with Gasteiger partial charge in [0.2, 0.25) is 0 Å². The number of methoxy groups -OCH3 is 1. The van der Waals surface area contributed by atoms with Crippen molar-refractivity contribution in [2.45, 2.75) is 6.61 Å². The quantitative estimate of drug-likeness (QED) is 0.687. The minimum atomic E-state index is -0.422. The van der Waals surface area contributed by atoms with Crippen LogP contribution in [0.25, 0.3) is 0 Å². The second-order valence-corrected chi connectivity index (χ2v) is 4.98. The second kappa shape index (κ2) is 6.43. The molecule has 0 saturated heterocycles. The predicted molar refractivity (Wildman–Crippen MR) is 80.7 cm³/mol. The molecule has 2 aromatic rings. The zero-order valence-corrected chi connectivity index (χ0v) is 12.5.